The van der Waals surface area contributed by atoms with Gasteiger partial charge >= 0.3 is 11.8 Å². The summed E-state index contributed by atoms with van der Waals surface area (Å²) in [5, 5.41) is 59.9. The van der Waals surface area contributed by atoms with Gasteiger partial charge in [0.15, 0.2) is 5.75 Å². The minimum absolute atomic E-state index is 0.00552. The van der Waals surface area contributed by atoms with E-state index in [0.717, 1.165) is 0 Å². The van der Waals surface area contributed by atoms with Crippen molar-refractivity contribution in [3.63, 3.8) is 0 Å². The lowest BCUT2D eigenvalue weighted by Crippen LogP contribution is -2.46. The second kappa shape index (κ2) is 16.4. The number of nitrogens with zero attached hydrogens (tertiary/aromatic N) is 1. The van der Waals surface area contributed by atoms with E-state index in [-0.39, 0.29) is 51.0 Å². The highest BCUT2D eigenvalue weighted by atomic mass is 16.7. The molecule has 5 rings (SSSR count). The van der Waals surface area contributed by atoms with E-state index in [9.17, 15) is 39.9 Å². The van der Waals surface area contributed by atoms with E-state index in [2.05, 4.69) is 5.32 Å². The molecule has 3 aliphatic rings. The summed E-state index contributed by atoms with van der Waals surface area (Å²) < 4.78 is 23.5. The first-order chi connectivity index (χ1) is 25.2. The highest BCUT2D eigenvalue weighted by molar-refractivity contribution is 6.22. The molecule has 9 unspecified atom stereocenters. The number of Topliss-reactive ketones (excluding diaryl/α,β-unsaturated/α-hetero) is 1. The standard InChI is InChI=1S/C40H54N2O12/c1-18-13-12-14-19(2)39(50)41-30-25(17-42(9)10)34(47)27-28(35(30)48)33(46)23(6)37-29(27)38(49)40(8,54-37)52-16-15-26(51-11)20(3)36(53-24(7)43)22(5)32(45)21(4)31(18)44/h12-16,18,20-22,26,31-32,36,44-48H,17H2,1-11H3,(H,41,50)/b13-12-,16-15-,19-14-. The monoisotopic (exact) mass is 754 g/mol. The molecule has 2 aromatic carbocycles. The minimum atomic E-state index is -2.01. The summed E-state index contributed by atoms with van der Waals surface area (Å²) in [5.74, 6) is -7.98. The van der Waals surface area contributed by atoms with Crippen molar-refractivity contribution < 1.29 is 58.9 Å². The zero-order valence-electron chi connectivity index (χ0n) is 32.8. The normalized spacial score (nSPS) is 31.8. The number of aromatic hydroxyl groups is 3. The maximum absolute atomic E-state index is 14.2. The van der Waals surface area contributed by atoms with Gasteiger partial charge in [0.2, 0.25) is 0 Å². The molecule has 6 N–H and O–H groups in total. The molecule has 0 spiro atoms. The van der Waals surface area contributed by atoms with Crippen LogP contribution in [0.5, 0.6) is 23.0 Å². The Labute approximate surface area is 315 Å². The van der Waals surface area contributed by atoms with Crippen LogP contribution in [0.25, 0.3) is 10.8 Å². The van der Waals surface area contributed by atoms with Crippen molar-refractivity contribution in [2.24, 2.45) is 23.7 Å². The van der Waals surface area contributed by atoms with Crippen molar-refractivity contribution in [3.8, 4) is 23.0 Å². The first-order valence-electron chi connectivity index (χ1n) is 17.9. The number of hydrogen-bond donors (Lipinski definition) is 6. The molecule has 0 saturated carbocycles. The van der Waals surface area contributed by atoms with E-state index in [4.69, 9.17) is 18.9 Å². The number of carbonyl (C=O) groups is 3. The molecule has 0 saturated heterocycles. The number of amides is 1. The third-order valence-electron chi connectivity index (χ3n) is 10.6. The van der Waals surface area contributed by atoms with Crippen LogP contribution in [0.15, 0.2) is 36.1 Å². The Balaban J connectivity index is 1.96. The van der Waals surface area contributed by atoms with E-state index in [1.54, 1.807) is 58.8 Å². The lowest BCUT2D eigenvalue weighted by atomic mass is 9.78. The van der Waals surface area contributed by atoms with Gasteiger partial charge < -0.3 is 54.7 Å². The summed E-state index contributed by atoms with van der Waals surface area (Å²) in [6, 6.07) is 0. The number of hydrogen-bond acceptors (Lipinski definition) is 13. The SMILES string of the molecule is COC1/C=C\OC2(C)Oc3c(C)c(O)c4c(O)c(c(CN(C)C)c(O)c4c3C2=O)NC(=O)/C(C)=C\C=C/C(C)C(O)C(C)C(O)C(C)C(OC(C)=O)C1C. The van der Waals surface area contributed by atoms with Gasteiger partial charge in [-0.05, 0) is 34.0 Å². The van der Waals surface area contributed by atoms with Crippen molar-refractivity contribution in [2.45, 2.75) is 92.1 Å². The van der Waals surface area contributed by atoms with Crippen LogP contribution in [-0.4, -0.2) is 99.5 Å². The minimum Gasteiger partial charge on any atom is -0.507 e. The van der Waals surface area contributed by atoms with Crippen LogP contribution in [0.2, 0.25) is 0 Å². The average molecular weight is 755 g/mol. The Morgan fingerprint density at radius 3 is 2.19 bits per heavy atom. The number of benzene rings is 2. The van der Waals surface area contributed by atoms with Crippen molar-refractivity contribution in [3.05, 3.63) is 52.8 Å². The highest BCUT2D eigenvalue weighted by Gasteiger charge is 2.50. The van der Waals surface area contributed by atoms with Crippen molar-refractivity contribution >= 4 is 34.1 Å². The fourth-order valence-corrected chi connectivity index (χ4v) is 7.26. The van der Waals surface area contributed by atoms with Gasteiger partial charge in [-0.3, -0.25) is 14.4 Å². The van der Waals surface area contributed by atoms with Gasteiger partial charge in [0, 0.05) is 73.3 Å². The van der Waals surface area contributed by atoms with Gasteiger partial charge in [-0.2, -0.15) is 0 Å². The molecular formula is C40H54N2O12. The second-order valence-electron chi connectivity index (χ2n) is 14.9. The van der Waals surface area contributed by atoms with Crippen LogP contribution in [0.4, 0.5) is 5.69 Å². The number of ketones is 1. The number of fused-ring (bicyclic) bond motifs is 14. The molecule has 54 heavy (non-hydrogen) atoms. The average Bonchev–Trinajstić information content (AvgIpc) is 3.38. The molecule has 2 aromatic rings. The third kappa shape index (κ3) is 7.92. The fraction of sp³-hybridized carbons (Fsp3) is 0.525. The van der Waals surface area contributed by atoms with Gasteiger partial charge in [0.25, 0.3) is 11.7 Å². The number of nitrogens with one attached hydrogen (secondary N) is 1. The number of phenolic OH excluding ortho intramolecular Hbond substituents is 3. The molecule has 296 valence electrons. The summed E-state index contributed by atoms with van der Waals surface area (Å²) in [4.78, 5) is 41.7. The maximum atomic E-state index is 14.2. The predicted molar refractivity (Wildman–Crippen MR) is 201 cm³/mol. The Kier molecular flexibility index (Phi) is 12.8. The number of phenols is 3. The zero-order valence-corrected chi connectivity index (χ0v) is 32.8. The lowest BCUT2D eigenvalue weighted by Gasteiger charge is -2.38. The highest BCUT2D eigenvalue weighted by Crippen LogP contribution is 2.55. The molecule has 0 aliphatic carbocycles. The van der Waals surface area contributed by atoms with E-state index in [0.29, 0.717) is 0 Å². The van der Waals surface area contributed by atoms with E-state index < -0.39 is 88.8 Å². The smallest absolute Gasteiger partial charge is 0.312 e. The number of allylic oxidation sites excluding steroid dienone is 2. The van der Waals surface area contributed by atoms with Crippen molar-refractivity contribution in [2.75, 3.05) is 26.5 Å². The molecular weight excluding hydrogens is 700 g/mol. The Hall–Kier alpha value is -4.63. The predicted octanol–water partition coefficient (Wildman–Crippen LogP) is 4.82. The summed E-state index contributed by atoms with van der Waals surface area (Å²) in [6.07, 6.45) is 3.65. The number of esters is 1. The van der Waals surface area contributed by atoms with Gasteiger partial charge in [-0.1, -0.05) is 45.9 Å². The largest absolute Gasteiger partial charge is 0.507 e. The number of carbonyl (C=O) groups excluding carboxylic acids is 3. The third-order valence-corrected chi connectivity index (χ3v) is 10.6. The zero-order chi connectivity index (χ0) is 40.6. The maximum Gasteiger partial charge on any atom is 0.312 e. The van der Waals surface area contributed by atoms with Crippen molar-refractivity contribution in [1.82, 2.24) is 4.90 Å². The van der Waals surface area contributed by atoms with Crippen molar-refractivity contribution in [1.29, 1.82) is 0 Å². The van der Waals surface area contributed by atoms with Gasteiger partial charge in [-0.25, -0.2) is 0 Å². The van der Waals surface area contributed by atoms with Crippen LogP contribution in [-0.2, 0) is 30.3 Å². The van der Waals surface area contributed by atoms with Crippen LogP contribution in [0.3, 0.4) is 0 Å². The van der Waals surface area contributed by atoms with Crippen LogP contribution in [0.1, 0.15) is 70.0 Å². The van der Waals surface area contributed by atoms with E-state index in [1.165, 1.54) is 53.2 Å². The topological polar surface area (TPSA) is 205 Å². The molecule has 0 radical (unpaired) electrons. The number of methoxy groups -OCH3 is 1. The van der Waals surface area contributed by atoms with Crippen LogP contribution < -0.4 is 10.1 Å². The quantitative estimate of drug-likeness (QED) is 0.141. The number of ether oxygens (including phenoxy) is 4. The Bertz CT molecular complexity index is 1880. The molecule has 9 atom stereocenters. The molecule has 5 bridgehead atoms. The Morgan fingerprint density at radius 1 is 0.944 bits per heavy atom. The summed E-state index contributed by atoms with van der Waals surface area (Å²) in [6.45, 7) is 12.6. The number of anilines is 1. The van der Waals surface area contributed by atoms with Gasteiger partial charge in [-0.15, -0.1) is 0 Å². The molecule has 14 nitrogen and oxygen atoms in total. The number of aliphatic hydroxyl groups excluding tert-OH is 2. The van der Waals surface area contributed by atoms with Crippen LogP contribution >= 0.6 is 0 Å². The summed E-state index contributed by atoms with van der Waals surface area (Å²) >= 11 is 0. The second-order valence-corrected chi connectivity index (χ2v) is 14.9. The first kappa shape index (κ1) is 42.1. The summed E-state index contributed by atoms with van der Waals surface area (Å²) in [7, 11) is 4.86. The first-order valence-corrected chi connectivity index (χ1v) is 17.9. The van der Waals surface area contributed by atoms with Crippen LogP contribution in [0, 0.1) is 30.6 Å². The molecule has 0 fully saturated rings. The van der Waals surface area contributed by atoms with E-state index >= 15 is 0 Å². The molecule has 14 heteroatoms. The molecule has 3 heterocycles. The van der Waals surface area contributed by atoms with E-state index in [1.807, 2.05) is 0 Å². The Morgan fingerprint density at radius 2 is 1.59 bits per heavy atom. The molecule has 1 amide bonds. The number of aliphatic hydroxyl groups is 2. The fourth-order valence-electron chi connectivity index (χ4n) is 7.26. The van der Waals surface area contributed by atoms with Gasteiger partial charge in [0.1, 0.15) is 23.4 Å². The van der Waals surface area contributed by atoms with Gasteiger partial charge in [0.05, 0.1) is 41.2 Å². The molecule has 0 aromatic heterocycles. The lowest BCUT2D eigenvalue weighted by molar-refractivity contribution is -0.160. The molecule has 3 aliphatic heterocycles. The number of rotatable bonds is 4. The summed E-state index contributed by atoms with van der Waals surface area (Å²) in [5.41, 5.74) is 0.0370.